The summed E-state index contributed by atoms with van der Waals surface area (Å²) in [5.41, 5.74) is 2.56. The van der Waals surface area contributed by atoms with Crippen molar-refractivity contribution in [1.29, 1.82) is 0 Å². The zero-order chi connectivity index (χ0) is 18.1. The van der Waals surface area contributed by atoms with Gasteiger partial charge < -0.3 is 4.74 Å². The Morgan fingerprint density at radius 3 is 2.28 bits per heavy atom. The number of amides is 2. The van der Waals surface area contributed by atoms with E-state index in [2.05, 4.69) is 0 Å². The molecular formula is C19H24N2O4. The van der Waals surface area contributed by atoms with E-state index in [0.717, 1.165) is 11.1 Å². The molecule has 1 aromatic carbocycles. The fourth-order valence-corrected chi connectivity index (χ4v) is 3.91. The number of nitrogens with zero attached hydrogens (tertiary/aromatic N) is 2. The third-order valence-electron chi connectivity index (χ3n) is 5.29. The van der Waals surface area contributed by atoms with E-state index in [4.69, 9.17) is 4.74 Å². The first kappa shape index (κ1) is 17.6. The van der Waals surface area contributed by atoms with Gasteiger partial charge in [0.15, 0.2) is 0 Å². The van der Waals surface area contributed by atoms with Crippen molar-refractivity contribution in [2.75, 3.05) is 25.1 Å². The Hall–Kier alpha value is -2.21. The van der Waals surface area contributed by atoms with Gasteiger partial charge in [0.1, 0.15) is 0 Å². The number of rotatable bonds is 3. The second kappa shape index (κ2) is 6.96. The molecule has 1 aromatic rings. The smallest absolute Gasteiger partial charge is 0.308 e. The van der Waals surface area contributed by atoms with Crippen molar-refractivity contribution in [3.05, 3.63) is 29.3 Å². The molecule has 0 saturated carbocycles. The zero-order valence-electron chi connectivity index (χ0n) is 14.9. The maximum Gasteiger partial charge on any atom is 0.308 e. The van der Waals surface area contributed by atoms with E-state index in [1.165, 1.54) is 12.0 Å². The van der Waals surface area contributed by atoms with Crippen LogP contribution in [0.2, 0.25) is 0 Å². The summed E-state index contributed by atoms with van der Waals surface area (Å²) < 4.78 is 4.80. The van der Waals surface area contributed by atoms with Crippen LogP contribution in [0, 0.1) is 19.8 Å². The quantitative estimate of drug-likeness (QED) is 0.618. The maximum absolute atomic E-state index is 13.0. The number of hydrogen-bond donors (Lipinski definition) is 0. The second-order valence-electron chi connectivity index (χ2n) is 6.86. The summed E-state index contributed by atoms with van der Waals surface area (Å²) in [6.07, 6.45) is 1.53. The molecule has 0 spiro atoms. The number of hydrogen-bond acceptors (Lipinski definition) is 5. The topological polar surface area (TPSA) is 66.9 Å². The van der Waals surface area contributed by atoms with Gasteiger partial charge in [0.05, 0.1) is 31.2 Å². The summed E-state index contributed by atoms with van der Waals surface area (Å²) in [4.78, 5) is 40.6. The second-order valence-corrected chi connectivity index (χ2v) is 6.86. The zero-order valence-corrected chi connectivity index (χ0v) is 14.9. The number of benzene rings is 1. The van der Waals surface area contributed by atoms with Crippen molar-refractivity contribution in [2.24, 2.45) is 5.92 Å². The molecule has 2 aliphatic heterocycles. The first-order valence-electron chi connectivity index (χ1n) is 8.69. The van der Waals surface area contributed by atoms with Gasteiger partial charge in [-0.1, -0.05) is 18.2 Å². The van der Waals surface area contributed by atoms with Crippen LogP contribution in [0.5, 0.6) is 0 Å². The highest BCUT2D eigenvalue weighted by Crippen LogP contribution is 2.32. The molecule has 6 nitrogen and oxygen atoms in total. The van der Waals surface area contributed by atoms with Crippen LogP contribution in [0.4, 0.5) is 5.69 Å². The lowest BCUT2D eigenvalue weighted by Crippen LogP contribution is -2.47. The van der Waals surface area contributed by atoms with Gasteiger partial charge in [-0.25, -0.2) is 4.90 Å². The molecule has 1 atom stereocenters. The molecule has 2 aliphatic rings. The number of imide groups is 1. The molecule has 6 heteroatoms. The number of para-hydroxylation sites is 1. The molecule has 0 bridgehead atoms. The fourth-order valence-electron chi connectivity index (χ4n) is 3.91. The average Bonchev–Trinajstić information content (AvgIpc) is 2.89. The van der Waals surface area contributed by atoms with Gasteiger partial charge in [-0.05, 0) is 50.9 Å². The van der Waals surface area contributed by atoms with Crippen LogP contribution in [0.3, 0.4) is 0 Å². The van der Waals surface area contributed by atoms with E-state index in [1.54, 1.807) is 0 Å². The number of piperidine rings is 1. The monoisotopic (exact) mass is 344 g/mol. The Morgan fingerprint density at radius 1 is 1.12 bits per heavy atom. The normalized spacial score (nSPS) is 22.5. The summed E-state index contributed by atoms with van der Waals surface area (Å²) in [6, 6.07) is 5.33. The molecule has 0 radical (unpaired) electrons. The average molecular weight is 344 g/mol. The lowest BCUT2D eigenvalue weighted by Gasteiger charge is -2.33. The minimum Gasteiger partial charge on any atom is -0.469 e. The molecule has 2 amide bonds. The lowest BCUT2D eigenvalue weighted by atomic mass is 9.95. The van der Waals surface area contributed by atoms with Crippen molar-refractivity contribution in [3.63, 3.8) is 0 Å². The lowest BCUT2D eigenvalue weighted by molar-refractivity contribution is -0.147. The minimum atomic E-state index is -0.426. The van der Waals surface area contributed by atoms with E-state index in [-0.39, 0.29) is 30.1 Å². The Balaban J connectivity index is 1.75. The molecular weight excluding hydrogens is 320 g/mol. The predicted molar refractivity (Wildman–Crippen MR) is 93.1 cm³/mol. The van der Waals surface area contributed by atoms with Gasteiger partial charge in [-0.2, -0.15) is 0 Å². The van der Waals surface area contributed by atoms with E-state index in [0.29, 0.717) is 31.6 Å². The van der Waals surface area contributed by atoms with Crippen LogP contribution in [-0.4, -0.2) is 48.9 Å². The first-order chi connectivity index (χ1) is 11.9. The van der Waals surface area contributed by atoms with Crippen LogP contribution in [0.1, 0.15) is 30.4 Å². The Bertz CT molecular complexity index is 687. The number of anilines is 1. The number of aryl methyl sites for hydroxylation is 2. The first-order valence-corrected chi connectivity index (χ1v) is 8.69. The molecule has 0 unspecified atom stereocenters. The number of carbonyl (C=O) groups is 3. The van der Waals surface area contributed by atoms with Crippen molar-refractivity contribution < 1.29 is 19.1 Å². The largest absolute Gasteiger partial charge is 0.469 e. The summed E-state index contributed by atoms with van der Waals surface area (Å²) in [6.45, 7) is 5.09. The standard InChI is InChI=1S/C19H24N2O4/c1-12-5-4-6-13(2)17(12)21-16(22)11-15(18(21)23)20-9-7-14(8-10-20)19(24)25-3/h4-6,14-15H,7-11H2,1-3H3/t15-/m1/s1. The number of methoxy groups -OCH3 is 1. The van der Waals surface area contributed by atoms with E-state index in [9.17, 15) is 14.4 Å². The van der Waals surface area contributed by atoms with Crippen LogP contribution in [0.25, 0.3) is 0 Å². The Kier molecular flexibility index (Phi) is 4.90. The highest BCUT2D eigenvalue weighted by molar-refractivity contribution is 6.23. The summed E-state index contributed by atoms with van der Waals surface area (Å²) in [7, 11) is 1.40. The third kappa shape index (κ3) is 3.18. The van der Waals surface area contributed by atoms with Crippen molar-refractivity contribution >= 4 is 23.5 Å². The molecule has 134 valence electrons. The third-order valence-corrected chi connectivity index (χ3v) is 5.29. The van der Waals surface area contributed by atoms with Crippen LogP contribution in [-0.2, 0) is 19.1 Å². The molecule has 3 rings (SSSR count). The van der Waals surface area contributed by atoms with Crippen molar-refractivity contribution in [2.45, 2.75) is 39.2 Å². The van der Waals surface area contributed by atoms with Gasteiger partial charge in [0.2, 0.25) is 5.91 Å². The number of esters is 1. The molecule has 2 fully saturated rings. The van der Waals surface area contributed by atoms with Gasteiger partial charge in [0.25, 0.3) is 5.91 Å². The molecule has 2 saturated heterocycles. The van der Waals surface area contributed by atoms with Gasteiger partial charge >= 0.3 is 5.97 Å². The van der Waals surface area contributed by atoms with E-state index < -0.39 is 6.04 Å². The van der Waals surface area contributed by atoms with Crippen molar-refractivity contribution in [1.82, 2.24) is 4.90 Å². The Labute approximate surface area is 147 Å². The van der Waals surface area contributed by atoms with Crippen LogP contribution >= 0.6 is 0 Å². The number of carbonyl (C=O) groups excluding carboxylic acids is 3. The Morgan fingerprint density at radius 2 is 1.72 bits per heavy atom. The highest BCUT2D eigenvalue weighted by Gasteiger charge is 2.44. The van der Waals surface area contributed by atoms with E-state index in [1.807, 2.05) is 36.9 Å². The van der Waals surface area contributed by atoms with Gasteiger partial charge in [0, 0.05) is 0 Å². The summed E-state index contributed by atoms with van der Waals surface area (Å²) >= 11 is 0. The molecule has 0 aliphatic carbocycles. The fraction of sp³-hybridized carbons (Fsp3) is 0.526. The number of ether oxygens (including phenoxy) is 1. The van der Waals surface area contributed by atoms with Crippen LogP contribution < -0.4 is 4.90 Å². The molecule has 0 aromatic heterocycles. The van der Waals surface area contributed by atoms with Crippen molar-refractivity contribution in [3.8, 4) is 0 Å². The number of likely N-dealkylation sites (tertiary alicyclic amines) is 1. The minimum absolute atomic E-state index is 0.108. The summed E-state index contributed by atoms with van der Waals surface area (Å²) in [5, 5.41) is 0. The predicted octanol–water partition coefficient (Wildman–Crippen LogP) is 1.82. The molecule has 2 heterocycles. The highest BCUT2D eigenvalue weighted by atomic mass is 16.5. The SMILES string of the molecule is COC(=O)C1CCN([C@@H]2CC(=O)N(c3c(C)cccc3C)C2=O)CC1. The van der Waals surface area contributed by atoms with Gasteiger partial charge in [-0.15, -0.1) is 0 Å². The maximum atomic E-state index is 13.0. The molecule has 25 heavy (non-hydrogen) atoms. The van der Waals surface area contributed by atoms with E-state index >= 15 is 0 Å². The van der Waals surface area contributed by atoms with Crippen LogP contribution in [0.15, 0.2) is 18.2 Å². The van der Waals surface area contributed by atoms with Gasteiger partial charge in [-0.3, -0.25) is 19.3 Å². The molecule has 0 N–H and O–H groups in total. The summed E-state index contributed by atoms with van der Waals surface area (Å²) in [5.74, 6) is -0.602.